The van der Waals surface area contributed by atoms with E-state index in [2.05, 4.69) is 197 Å². The summed E-state index contributed by atoms with van der Waals surface area (Å²) in [6.07, 6.45) is 1.06. The molecule has 0 amide bonds. The molecule has 304 valence electrons. The molecule has 0 unspecified atom stereocenters. The lowest BCUT2D eigenvalue weighted by Gasteiger charge is -2.26. The maximum absolute atomic E-state index is 12.9. The van der Waals surface area contributed by atoms with E-state index >= 15 is 0 Å². The van der Waals surface area contributed by atoms with Gasteiger partial charge in [-0.15, -0.1) is 0 Å². The van der Waals surface area contributed by atoms with Crippen molar-refractivity contribution in [2.75, 3.05) is 0 Å². The molecular weight excluding hydrogens is 751 g/mol. The van der Waals surface area contributed by atoms with Crippen molar-refractivity contribution in [3.05, 3.63) is 204 Å². The maximum atomic E-state index is 12.9. The number of nitro groups is 1. The molecule has 0 bridgehead atoms. The Morgan fingerprint density at radius 3 is 0.933 bits per heavy atom. The van der Waals surface area contributed by atoms with E-state index in [4.69, 9.17) is 0 Å². The fourth-order valence-corrected chi connectivity index (χ4v) is 10.1. The summed E-state index contributed by atoms with van der Waals surface area (Å²) in [5.74, 6) is 0. The van der Waals surface area contributed by atoms with Crippen molar-refractivity contribution in [2.24, 2.45) is 0 Å². The molecule has 7 rings (SSSR count). The van der Waals surface area contributed by atoms with E-state index in [-0.39, 0.29) is 9.74 Å². The molecule has 0 aliphatic heterocycles. The molecule has 0 radical (unpaired) electrons. The van der Waals surface area contributed by atoms with Crippen molar-refractivity contribution in [2.45, 2.75) is 99.3 Å². The Bertz CT molecular complexity index is 2390. The Morgan fingerprint density at radius 2 is 0.700 bits per heavy atom. The van der Waals surface area contributed by atoms with Crippen LogP contribution in [0.15, 0.2) is 126 Å². The van der Waals surface area contributed by atoms with Gasteiger partial charge in [-0.05, 0) is 178 Å². The molecule has 0 aliphatic carbocycles. The quantitative estimate of drug-likeness (QED) is 0.0785. The zero-order valence-electron chi connectivity index (χ0n) is 37.1. The molecule has 0 heterocycles. The Morgan fingerprint density at radius 1 is 0.450 bits per heavy atom. The molecule has 0 aromatic heterocycles. The van der Waals surface area contributed by atoms with Crippen LogP contribution in [-0.2, 0) is 18.3 Å². The van der Waals surface area contributed by atoms with E-state index in [0.717, 1.165) is 33.5 Å². The molecule has 0 fully saturated rings. The molecule has 0 N–H and O–H groups in total. The minimum absolute atomic E-state index is 0.216. The Kier molecular flexibility index (Phi) is 12.1. The number of aryl methyl sites for hydroxylation is 8. The largest absolute Gasteiger partial charge is 0.266 e. The van der Waals surface area contributed by atoms with Gasteiger partial charge in [0.25, 0.3) is 11.9 Å². The van der Waals surface area contributed by atoms with Gasteiger partial charge in [0.2, 0.25) is 0 Å². The second-order valence-electron chi connectivity index (χ2n) is 17.8. The smallest absolute Gasteiger partial charge is 0.250 e. The van der Waals surface area contributed by atoms with Crippen LogP contribution in [0.2, 0.25) is 0 Å². The van der Waals surface area contributed by atoms with E-state index in [1.165, 1.54) is 100 Å². The first-order valence-corrected chi connectivity index (χ1v) is 21.8. The average molecular weight is 808 g/mol. The van der Waals surface area contributed by atoms with Crippen molar-refractivity contribution in [3.63, 3.8) is 0 Å². The highest BCUT2D eigenvalue weighted by atomic mass is 32.2. The molecule has 0 aliphatic rings. The molecule has 4 heteroatoms. The van der Waals surface area contributed by atoms with Gasteiger partial charge in [0.15, 0.2) is 0 Å². The van der Waals surface area contributed by atoms with Crippen LogP contribution in [0.3, 0.4) is 0 Å². The van der Waals surface area contributed by atoms with Crippen LogP contribution in [-0.4, -0.2) is 4.33 Å². The van der Waals surface area contributed by atoms with Crippen molar-refractivity contribution in [1.29, 1.82) is 0 Å². The number of rotatable bonds is 10. The lowest BCUT2D eigenvalue weighted by molar-refractivity contribution is -0.284. The number of benzene rings is 7. The van der Waals surface area contributed by atoms with Gasteiger partial charge >= 0.3 is 0 Å². The SMILES string of the molecule is Cc1cccc(C)c1-c1cccc(-c2c(C)cccc2C)c1Cc1cc(C(C)(C)C)cc(Cc2c(-c3c(C)cccc3C)cccc2-c2c(C)cccc2C)c1S[N+](=O)[O-]. The summed E-state index contributed by atoms with van der Waals surface area (Å²) in [4.78, 5) is 13.7. The molecule has 3 nitrogen and oxygen atoms in total. The summed E-state index contributed by atoms with van der Waals surface area (Å²) >= 11 is 0.764. The number of nitrogens with zero attached hydrogens (tertiary/aromatic N) is 1. The third kappa shape index (κ3) is 8.36. The molecule has 7 aromatic rings. The van der Waals surface area contributed by atoms with E-state index < -0.39 is 0 Å². The van der Waals surface area contributed by atoms with Gasteiger partial charge in [-0.2, -0.15) is 0 Å². The predicted octanol–water partition coefficient (Wildman–Crippen LogP) is 15.6. The lowest BCUT2D eigenvalue weighted by Crippen LogP contribution is -2.14. The van der Waals surface area contributed by atoms with E-state index in [1.54, 1.807) is 0 Å². The topological polar surface area (TPSA) is 43.1 Å². The Labute approximate surface area is 362 Å². The first kappa shape index (κ1) is 42.4. The van der Waals surface area contributed by atoms with Crippen molar-refractivity contribution in [1.82, 2.24) is 0 Å². The van der Waals surface area contributed by atoms with Gasteiger partial charge in [0.05, 0.1) is 4.90 Å². The maximum Gasteiger partial charge on any atom is 0.266 e. The first-order chi connectivity index (χ1) is 28.5. The fraction of sp³-hybridized carbons (Fsp3) is 0.250. The highest BCUT2D eigenvalue weighted by molar-refractivity contribution is 7.93. The summed E-state index contributed by atoms with van der Waals surface area (Å²) < 4.78 is -0.216. The van der Waals surface area contributed by atoms with Crippen molar-refractivity contribution >= 4 is 11.9 Å². The van der Waals surface area contributed by atoms with E-state index in [0.29, 0.717) is 12.8 Å². The van der Waals surface area contributed by atoms with Gasteiger partial charge in [-0.3, -0.25) is 10.1 Å². The summed E-state index contributed by atoms with van der Waals surface area (Å²) in [7, 11) is 0. The van der Waals surface area contributed by atoms with E-state index in [9.17, 15) is 10.1 Å². The molecule has 60 heavy (non-hydrogen) atoms. The van der Waals surface area contributed by atoms with E-state index in [1.807, 2.05) is 0 Å². The zero-order valence-corrected chi connectivity index (χ0v) is 37.9. The second-order valence-corrected chi connectivity index (χ2v) is 18.7. The van der Waals surface area contributed by atoms with Crippen molar-refractivity contribution in [3.8, 4) is 44.5 Å². The highest BCUT2D eigenvalue weighted by Crippen LogP contribution is 2.45. The zero-order chi connectivity index (χ0) is 43.0. The number of hydrogen-bond donors (Lipinski definition) is 0. The van der Waals surface area contributed by atoms with Gasteiger partial charge in [0, 0.05) is 12.8 Å². The van der Waals surface area contributed by atoms with Crippen molar-refractivity contribution < 1.29 is 4.33 Å². The normalized spacial score (nSPS) is 11.6. The molecule has 0 saturated heterocycles. The van der Waals surface area contributed by atoms with Crippen LogP contribution in [0.4, 0.5) is 0 Å². The summed E-state index contributed by atoms with van der Waals surface area (Å²) in [6.45, 7) is 24.2. The van der Waals surface area contributed by atoms with Crippen LogP contribution in [0, 0.1) is 65.5 Å². The van der Waals surface area contributed by atoms with Crippen LogP contribution >= 0.6 is 11.9 Å². The van der Waals surface area contributed by atoms with Gasteiger partial charge < -0.3 is 0 Å². The van der Waals surface area contributed by atoms with Gasteiger partial charge in [-0.25, -0.2) is 0 Å². The van der Waals surface area contributed by atoms with Crippen LogP contribution in [0.1, 0.15) is 93.1 Å². The minimum atomic E-state index is -0.218. The van der Waals surface area contributed by atoms with Gasteiger partial charge in [-0.1, -0.05) is 142 Å². The first-order valence-electron chi connectivity index (χ1n) is 21.0. The standard InChI is InChI=1S/C56H57NO2S/c1-34-18-12-19-35(2)51(34)45-26-16-27-46(52-36(3)20-13-21-37(52)4)49(45)32-42-30-44(56(9,10)11)31-43(55(42)60-57(58)59)33-50-47(53-38(5)22-14-23-39(53)6)28-17-29-48(50)54-40(7)24-15-25-41(54)8/h12-31H,32-33H2,1-11H3. The number of hydrogen-bond acceptors (Lipinski definition) is 3. The molecular formula is C56H57NO2S. The fourth-order valence-electron chi connectivity index (χ4n) is 9.47. The summed E-state index contributed by atoms with van der Waals surface area (Å²) in [5, 5.41) is 12.9. The molecule has 0 atom stereocenters. The van der Waals surface area contributed by atoms with Gasteiger partial charge in [0.1, 0.15) is 4.33 Å². The molecule has 0 saturated carbocycles. The van der Waals surface area contributed by atoms with Crippen LogP contribution < -0.4 is 0 Å². The third-order valence-electron chi connectivity index (χ3n) is 12.4. The lowest BCUT2D eigenvalue weighted by atomic mass is 9.79. The summed E-state index contributed by atoms with van der Waals surface area (Å²) in [5.41, 5.74) is 24.5. The average Bonchev–Trinajstić information content (AvgIpc) is 3.17. The predicted molar refractivity (Wildman–Crippen MR) is 256 cm³/mol. The summed E-state index contributed by atoms with van der Waals surface area (Å²) in [6, 6.07) is 43.8. The monoisotopic (exact) mass is 807 g/mol. The Balaban J connectivity index is 1.56. The van der Waals surface area contributed by atoms with Crippen LogP contribution in [0.25, 0.3) is 44.5 Å². The molecule has 7 aromatic carbocycles. The third-order valence-corrected chi connectivity index (χ3v) is 13.2. The second kappa shape index (κ2) is 17.1. The molecule has 0 spiro atoms. The Hall–Kier alpha value is -5.71. The minimum Gasteiger partial charge on any atom is -0.250 e. The van der Waals surface area contributed by atoms with Crippen LogP contribution in [0.5, 0.6) is 0 Å². The highest BCUT2D eigenvalue weighted by Gasteiger charge is 2.28.